The summed E-state index contributed by atoms with van der Waals surface area (Å²) in [7, 11) is 0. The summed E-state index contributed by atoms with van der Waals surface area (Å²) < 4.78 is 5.99. The maximum Gasteiger partial charge on any atom is 0.256 e. The van der Waals surface area contributed by atoms with Crippen molar-refractivity contribution in [3.63, 3.8) is 0 Å². The number of hydroxylamine groups is 1. The molecule has 0 fully saturated rings. The van der Waals surface area contributed by atoms with Crippen molar-refractivity contribution in [1.82, 2.24) is 15.4 Å². The topological polar surface area (TPSA) is 112 Å². The summed E-state index contributed by atoms with van der Waals surface area (Å²) in [5.74, 6) is -0.235. The van der Waals surface area contributed by atoms with Gasteiger partial charge in [0.2, 0.25) is 5.91 Å². The fourth-order valence-electron chi connectivity index (χ4n) is 4.36. The number of rotatable bonds is 13. The van der Waals surface area contributed by atoms with Crippen molar-refractivity contribution in [2.75, 3.05) is 6.61 Å². The molecule has 1 atom stereocenters. The number of pyridine rings is 1. The van der Waals surface area contributed by atoms with Crippen molar-refractivity contribution in [2.24, 2.45) is 0 Å². The zero-order chi connectivity index (χ0) is 28.2. The third-order valence-corrected chi connectivity index (χ3v) is 6.52. The lowest BCUT2D eigenvalue weighted by Gasteiger charge is -2.30. The number of aromatic nitrogens is 1. The number of aliphatic hydroxyl groups excluding tert-OH is 1. The highest BCUT2D eigenvalue weighted by molar-refractivity contribution is 5.95. The molecular weight excluding hydrogens is 506 g/mol. The average Bonchev–Trinajstić information content (AvgIpc) is 3.02. The second kappa shape index (κ2) is 14.6. The molecule has 1 unspecified atom stereocenters. The highest BCUT2D eigenvalue weighted by Gasteiger charge is 2.27. The minimum atomic E-state index is -1.25. The molecule has 0 aliphatic heterocycles. The van der Waals surface area contributed by atoms with Gasteiger partial charge in [0.1, 0.15) is 5.75 Å². The van der Waals surface area contributed by atoms with Crippen LogP contribution in [0.3, 0.4) is 0 Å². The number of hydrogen-bond acceptors (Lipinski definition) is 6. The Morgan fingerprint density at radius 2 is 1.50 bits per heavy atom. The first-order chi connectivity index (χ1) is 19.6. The van der Waals surface area contributed by atoms with E-state index in [2.05, 4.69) is 4.98 Å². The number of unbranched alkanes of at least 4 members (excludes halogenated alkanes) is 2. The van der Waals surface area contributed by atoms with Gasteiger partial charge in [-0.25, -0.2) is 5.48 Å². The predicted molar refractivity (Wildman–Crippen MR) is 151 cm³/mol. The van der Waals surface area contributed by atoms with Crippen LogP contribution in [0.2, 0.25) is 0 Å². The van der Waals surface area contributed by atoms with Gasteiger partial charge in [-0.2, -0.15) is 0 Å². The van der Waals surface area contributed by atoms with Crippen LogP contribution >= 0.6 is 0 Å². The van der Waals surface area contributed by atoms with E-state index in [1.807, 2.05) is 60.7 Å². The second-order valence-electron chi connectivity index (χ2n) is 9.34. The smallest absolute Gasteiger partial charge is 0.256 e. The van der Waals surface area contributed by atoms with Crippen LogP contribution in [-0.4, -0.2) is 38.6 Å². The summed E-state index contributed by atoms with van der Waals surface area (Å²) in [5.41, 5.74) is 5.41. The van der Waals surface area contributed by atoms with Gasteiger partial charge in [-0.3, -0.25) is 19.8 Å². The van der Waals surface area contributed by atoms with E-state index in [0.717, 1.165) is 23.1 Å². The number of ether oxygens (including phenoxy) is 1. The minimum Gasteiger partial charge on any atom is -0.493 e. The number of hydrogen-bond donors (Lipinski definition) is 3. The molecule has 3 aromatic carbocycles. The summed E-state index contributed by atoms with van der Waals surface area (Å²) >= 11 is 0. The number of carbonyl (C=O) groups excluding carboxylic acids is 2. The molecule has 3 N–H and O–H groups in total. The quantitative estimate of drug-likeness (QED) is 0.0892. The van der Waals surface area contributed by atoms with E-state index in [-0.39, 0.29) is 18.9 Å². The van der Waals surface area contributed by atoms with E-state index < -0.39 is 12.1 Å². The van der Waals surface area contributed by atoms with Gasteiger partial charge in [-0.1, -0.05) is 60.7 Å². The Hall–Kier alpha value is -4.53. The fraction of sp³-hybridized carbons (Fsp3) is 0.219. The van der Waals surface area contributed by atoms with E-state index >= 15 is 0 Å². The van der Waals surface area contributed by atoms with Gasteiger partial charge in [0.05, 0.1) is 6.61 Å². The van der Waals surface area contributed by atoms with Gasteiger partial charge in [-0.05, 0) is 66.3 Å². The molecule has 1 aromatic heterocycles. The number of nitrogens with one attached hydrogen (secondary N) is 1. The summed E-state index contributed by atoms with van der Waals surface area (Å²) in [6, 6.07) is 27.8. The summed E-state index contributed by atoms with van der Waals surface area (Å²) in [4.78, 5) is 30.5. The van der Waals surface area contributed by atoms with Gasteiger partial charge in [0.15, 0.2) is 6.23 Å². The first kappa shape index (κ1) is 28.5. The van der Waals surface area contributed by atoms with Crippen molar-refractivity contribution in [1.29, 1.82) is 0 Å². The largest absolute Gasteiger partial charge is 0.493 e. The van der Waals surface area contributed by atoms with Crippen LogP contribution in [0, 0.1) is 0 Å². The predicted octanol–water partition coefficient (Wildman–Crippen LogP) is 5.53. The number of aliphatic hydroxyl groups is 1. The molecule has 0 bridgehead atoms. The van der Waals surface area contributed by atoms with Crippen LogP contribution in [0.1, 0.15) is 53.4 Å². The van der Waals surface area contributed by atoms with Gasteiger partial charge in [0, 0.05) is 36.5 Å². The Morgan fingerprint density at radius 1 is 0.825 bits per heavy atom. The highest BCUT2D eigenvalue weighted by Crippen LogP contribution is 2.31. The van der Waals surface area contributed by atoms with Crippen molar-refractivity contribution in [3.8, 4) is 16.9 Å². The lowest BCUT2D eigenvalue weighted by molar-refractivity contribution is -0.129. The normalized spacial score (nSPS) is 11.4. The molecular formula is C32H33N3O5. The Bertz CT molecular complexity index is 1360. The van der Waals surface area contributed by atoms with Crippen molar-refractivity contribution >= 4 is 11.8 Å². The molecule has 8 nitrogen and oxygen atoms in total. The van der Waals surface area contributed by atoms with Crippen LogP contribution in [0.25, 0.3) is 11.1 Å². The fourth-order valence-corrected chi connectivity index (χ4v) is 4.36. The number of amides is 2. The number of nitrogens with zero attached hydrogens (tertiary/aromatic N) is 2. The summed E-state index contributed by atoms with van der Waals surface area (Å²) in [6.07, 6.45) is 4.50. The van der Waals surface area contributed by atoms with Gasteiger partial charge in [0.25, 0.3) is 5.91 Å². The molecule has 206 valence electrons. The summed E-state index contributed by atoms with van der Waals surface area (Å²) in [5, 5.41) is 20.2. The number of para-hydroxylation sites is 1. The van der Waals surface area contributed by atoms with Crippen LogP contribution in [0.4, 0.5) is 0 Å². The summed E-state index contributed by atoms with van der Waals surface area (Å²) in [6.45, 7) is 0.585. The van der Waals surface area contributed by atoms with Gasteiger partial charge in [-0.15, -0.1) is 0 Å². The molecule has 40 heavy (non-hydrogen) atoms. The van der Waals surface area contributed by atoms with E-state index in [1.54, 1.807) is 48.2 Å². The van der Waals surface area contributed by atoms with Crippen LogP contribution in [-0.2, 0) is 11.3 Å². The molecule has 0 spiro atoms. The van der Waals surface area contributed by atoms with Gasteiger partial charge < -0.3 is 14.7 Å². The number of carbonyl (C=O) groups is 2. The third-order valence-electron chi connectivity index (χ3n) is 6.52. The second-order valence-corrected chi connectivity index (χ2v) is 9.34. The lowest BCUT2D eigenvalue weighted by atomic mass is 10.0. The first-order valence-corrected chi connectivity index (χ1v) is 13.2. The third kappa shape index (κ3) is 7.75. The first-order valence-electron chi connectivity index (χ1n) is 13.2. The van der Waals surface area contributed by atoms with Crippen molar-refractivity contribution < 1.29 is 24.6 Å². The highest BCUT2D eigenvalue weighted by atomic mass is 16.5. The molecule has 0 saturated carbocycles. The standard InChI is InChI=1S/C32H33N3O5/c36-30(34-39)13-5-2-8-22-40-29-12-7-6-11-28(29)32(38)35(23-24-9-3-1-4-10-24)31(37)27-16-14-25(15-17-27)26-18-20-33-21-19-26/h1,3-4,6-7,9-12,14-21,32,38-39H,2,5,8,13,22-23H2,(H,34,36). The Labute approximate surface area is 233 Å². The van der Waals surface area contributed by atoms with E-state index in [1.165, 1.54) is 4.90 Å². The molecule has 2 amide bonds. The maximum absolute atomic E-state index is 13.8. The van der Waals surface area contributed by atoms with Crippen LogP contribution < -0.4 is 10.2 Å². The zero-order valence-corrected chi connectivity index (χ0v) is 22.1. The van der Waals surface area contributed by atoms with E-state index in [9.17, 15) is 14.7 Å². The Kier molecular flexibility index (Phi) is 10.4. The van der Waals surface area contributed by atoms with Crippen molar-refractivity contribution in [2.45, 2.75) is 38.5 Å². The lowest BCUT2D eigenvalue weighted by Crippen LogP contribution is -2.34. The van der Waals surface area contributed by atoms with Crippen LogP contribution in [0.5, 0.6) is 5.75 Å². The molecule has 0 aliphatic carbocycles. The molecule has 4 rings (SSSR count). The molecule has 4 aromatic rings. The maximum atomic E-state index is 13.8. The average molecular weight is 540 g/mol. The monoisotopic (exact) mass is 539 g/mol. The van der Waals surface area contributed by atoms with Gasteiger partial charge >= 0.3 is 0 Å². The zero-order valence-electron chi connectivity index (χ0n) is 22.1. The van der Waals surface area contributed by atoms with E-state index in [4.69, 9.17) is 9.94 Å². The Morgan fingerprint density at radius 3 is 2.23 bits per heavy atom. The minimum absolute atomic E-state index is 0.203. The SMILES string of the molecule is O=C(CCCCCOc1ccccc1C(O)N(Cc1ccccc1)C(=O)c1ccc(-c2ccncc2)cc1)NO. The molecule has 0 saturated heterocycles. The van der Waals surface area contributed by atoms with Crippen molar-refractivity contribution in [3.05, 3.63) is 120 Å². The van der Waals surface area contributed by atoms with Crippen LogP contribution in [0.15, 0.2) is 103 Å². The molecule has 0 aliphatic rings. The molecule has 1 heterocycles. The van der Waals surface area contributed by atoms with E-state index in [0.29, 0.717) is 36.3 Å². The molecule has 8 heteroatoms. The Balaban J connectivity index is 1.51. The molecule has 0 radical (unpaired) electrons. The number of benzene rings is 3.